The van der Waals surface area contributed by atoms with Gasteiger partial charge in [-0.05, 0) is 6.20 Å². The Morgan fingerprint density at radius 2 is 2.08 bits per heavy atom. The second kappa shape index (κ2) is 6.56. The van der Waals surface area contributed by atoms with E-state index >= 15 is 0 Å². The molecule has 1 aliphatic rings. The number of pyridine rings is 1. The van der Waals surface area contributed by atoms with Gasteiger partial charge < -0.3 is 26.9 Å². The SMILES string of the molecule is [Cl-].[Mg+2].[c-]1cncc(C2OCCO2)c1. The molecule has 2 rings (SSSR count). The van der Waals surface area contributed by atoms with Gasteiger partial charge in [0.25, 0.3) is 0 Å². The summed E-state index contributed by atoms with van der Waals surface area (Å²) in [6.07, 6.45) is 3.12. The summed E-state index contributed by atoms with van der Waals surface area (Å²) < 4.78 is 10.5. The van der Waals surface area contributed by atoms with Crippen LogP contribution in [0.3, 0.4) is 0 Å². The summed E-state index contributed by atoms with van der Waals surface area (Å²) in [6, 6.07) is 4.69. The molecule has 13 heavy (non-hydrogen) atoms. The number of nitrogens with zero attached hydrogens (tertiary/aromatic N) is 1. The predicted octanol–water partition coefficient (Wildman–Crippen LogP) is -2.45. The molecular formula is C8H8ClMgNO2. The van der Waals surface area contributed by atoms with E-state index in [1.165, 1.54) is 0 Å². The van der Waals surface area contributed by atoms with Crippen molar-refractivity contribution in [2.75, 3.05) is 13.2 Å². The summed E-state index contributed by atoms with van der Waals surface area (Å²) >= 11 is 0. The fourth-order valence-electron chi connectivity index (χ4n) is 1.02. The smallest absolute Gasteiger partial charge is 1.00 e. The first kappa shape index (κ1) is 13.1. The number of hydrogen-bond acceptors (Lipinski definition) is 3. The molecule has 0 atom stereocenters. The van der Waals surface area contributed by atoms with Crippen LogP contribution in [0, 0.1) is 6.07 Å². The Morgan fingerprint density at radius 3 is 2.62 bits per heavy atom. The van der Waals surface area contributed by atoms with Crippen molar-refractivity contribution in [2.24, 2.45) is 0 Å². The molecule has 2 heterocycles. The van der Waals surface area contributed by atoms with E-state index in [9.17, 15) is 0 Å². The summed E-state index contributed by atoms with van der Waals surface area (Å²) in [7, 11) is 0. The Labute approximate surface area is 99.4 Å². The molecule has 0 N–H and O–H groups in total. The average molecular weight is 210 g/mol. The maximum atomic E-state index is 5.26. The minimum Gasteiger partial charge on any atom is -1.00 e. The van der Waals surface area contributed by atoms with Crippen molar-refractivity contribution in [3.05, 3.63) is 30.1 Å². The van der Waals surface area contributed by atoms with E-state index in [4.69, 9.17) is 9.47 Å². The van der Waals surface area contributed by atoms with Crippen molar-refractivity contribution < 1.29 is 21.9 Å². The van der Waals surface area contributed by atoms with Crippen molar-refractivity contribution >= 4 is 23.1 Å². The van der Waals surface area contributed by atoms with Crippen LogP contribution in [-0.2, 0) is 9.47 Å². The van der Waals surface area contributed by atoms with Crippen molar-refractivity contribution in [1.82, 2.24) is 4.98 Å². The van der Waals surface area contributed by atoms with Crippen molar-refractivity contribution in [2.45, 2.75) is 6.29 Å². The first-order valence-electron chi connectivity index (χ1n) is 3.51. The van der Waals surface area contributed by atoms with Gasteiger partial charge in [0.05, 0.1) is 13.2 Å². The zero-order valence-corrected chi connectivity index (χ0v) is 9.24. The Balaban J connectivity index is 0.000000720. The van der Waals surface area contributed by atoms with Crippen LogP contribution < -0.4 is 12.4 Å². The normalized spacial score (nSPS) is 16.0. The van der Waals surface area contributed by atoms with Crippen LogP contribution in [0.1, 0.15) is 11.9 Å². The molecule has 0 bridgehead atoms. The van der Waals surface area contributed by atoms with Gasteiger partial charge in [-0.3, -0.25) is 0 Å². The maximum absolute atomic E-state index is 5.26. The molecule has 5 heteroatoms. The molecule has 0 aliphatic carbocycles. The van der Waals surface area contributed by atoms with Gasteiger partial charge in [-0.2, -0.15) is 0 Å². The van der Waals surface area contributed by atoms with E-state index in [1.807, 2.05) is 6.07 Å². The monoisotopic (exact) mass is 209 g/mol. The molecule has 1 aromatic heterocycles. The van der Waals surface area contributed by atoms with Gasteiger partial charge >= 0.3 is 23.1 Å². The third-order valence-electron chi connectivity index (χ3n) is 1.52. The fraction of sp³-hybridized carbons (Fsp3) is 0.375. The molecule has 1 aromatic rings. The Hall–Kier alpha value is 0.126. The fourth-order valence-corrected chi connectivity index (χ4v) is 1.02. The van der Waals surface area contributed by atoms with E-state index < -0.39 is 0 Å². The molecule has 1 saturated heterocycles. The van der Waals surface area contributed by atoms with Crippen LogP contribution in [0.4, 0.5) is 0 Å². The van der Waals surface area contributed by atoms with Crippen LogP contribution in [-0.4, -0.2) is 41.3 Å². The number of aromatic nitrogens is 1. The quantitative estimate of drug-likeness (QED) is 0.381. The third-order valence-corrected chi connectivity index (χ3v) is 1.52. The first-order valence-corrected chi connectivity index (χ1v) is 3.51. The van der Waals surface area contributed by atoms with Gasteiger partial charge in [0.15, 0.2) is 0 Å². The molecule has 3 nitrogen and oxygen atoms in total. The zero-order valence-electron chi connectivity index (χ0n) is 7.07. The van der Waals surface area contributed by atoms with E-state index in [2.05, 4.69) is 11.1 Å². The average Bonchev–Trinajstić information content (AvgIpc) is 2.58. The second-order valence-corrected chi connectivity index (χ2v) is 2.29. The molecule has 0 unspecified atom stereocenters. The second-order valence-electron chi connectivity index (χ2n) is 2.29. The van der Waals surface area contributed by atoms with Crippen LogP contribution in [0.25, 0.3) is 0 Å². The third kappa shape index (κ3) is 3.40. The van der Waals surface area contributed by atoms with Crippen LogP contribution in [0.2, 0.25) is 0 Å². The van der Waals surface area contributed by atoms with Crippen molar-refractivity contribution in [3.8, 4) is 0 Å². The summed E-state index contributed by atoms with van der Waals surface area (Å²) in [5.74, 6) is 0. The molecular weight excluding hydrogens is 202 g/mol. The molecule has 1 aliphatic heterocycles. The minimum atomic E-state index is -0.222. The Bertz CT molecular complexity index is 229. The van der Waals surface area contributed by atoms with E-state index in [1.54, 1.807) is 12.4 Å². The van der Waals surface area contributed by atoms with Gasteiger partial charge in [-0.15, -0.1) is 5.56 Å². The molecule has 1 fully saturated rings. The molecule has 0 radical (unpaired) electrons. The van der Waals surface area contributed by atoms with E-state index in [0.29, 0.717) is 13.2 Å². The predicted molar refractivity (Wildman–Crippen MR) is 43.5 cm³/mol. The van der Waals surface area contributed by atoms with E-state index in [-0.39, 0.29) is 41.7 Å². The minimum absolute atomic E-state index is 0. The molecule has 0 aromatic carbocycles. The molecule has 0 saturated carbocycles. The summed E-state index contributed by atoms with van der Waals surface area (Å²) in [4.78, 5) is 3.91. The topological polar surface area (TPSA) is 31.4 Å². The Morgan fingerprint density at radius 1 is 1.38 bits per heavy atom. The van der Waals surface area contributed by atoms with Gasteiger partial charge in [0.1, 0.15) is 6.29 Å². The van der Waals surface area contributed by atoms with Crippen molar-refractivity contribution in [1.29, 1.82) is 0 Å². The van der Waals surface area contributed by atoms with E-state index in [0.717, 1.165) is 5.56 Å². The molecule has 0 spiro atoms. The molecule has 66 valence electrons. The van der Waals surface area contributed by atoms with Crippen LogP contribution in [0.15, 0.2) is 18.5 Å². The number of ether oxygens (including phenoxy) is 2. The van der Waals surface area contributed by atoms with Crippen LogP contribution in [0.5, 0.6) is 0 Å². The number of rotatable bonds is 1. The van der Waals surface area contributed by atoms with Gasteiger partial charge in [-0.25, -0.2) is 12.1 Å². The summed E-state index contributed by atoms with van der Waals surface area (Å²) in [6.45, 7) is 1.33. The number of hydrogen-bond donors (Lipinski definition) is 0. The van der Waals surface area contributed by atoms with Crippen LogP contribution >= 0.6 is 0 Å². The van der Waals surface area contributed by atoms with Gasteiger partial charge in [0.2, 0.25) is 0 Å². The van der Waals surface area contributed by atoms with Gasteiger partial charge in [-0.1, -0.05) is 6.20 Å². The van der Waals surface area contributed by atoms with Gasteiger partial charge in [0, 0.05) is 0 Å². The van der Waals surface area contributed by atoms with Crippen molar-refractivity contribution in [3.63, 3.8) is 0 Å². The standard InChI is InChI=1S/C8H8NO2.ClH.Mg/c1-2-7(6-9-3-1)8-10-4-5-11-8;;/h2-3,6,8H,4-5H2;1H;/q-1;;+2/p-1. The zero-order chi connectivity index (χ0) is 7.52. The first-order chi connectivity index (χ1) is 5.47. The summed E-state index contributed by atoms with van der Waals surface area (Å²) in [5, 5.41) is 0. The number of halogens is 1. The summed E-state index contributed by atoms with van der Waals surface area (Å²) in [5.41, 5.74) is 0.935. The Kier molecular flexibility index (Phi) is 6.62. The molecule has 0 amide bonds. The largest absolute Gasteiger partial charge is 2.00 e. The maximum Gasteiger partial charge on any atom is 2.00 e.